The Morgan fingerprint density at radius 3 is 2.48 bits per heavy atom. The Hall–Kier alpha value is -2.26. The highest BCUT2D eigenvalue weighted by atomic mass is 32.2. The Balaban J connectivity index is 2.01. The smallest absolute Gasteiger partial charge is 0.341 e. The van der Waals surface area contributed by atoms with Crippen molar-refractivity contribution in [1.29, 1.82) is 0 Å². The fourth-order valence-electron chi connectivity index (χ4n) is 1.84. The summed E-state index contributed by atoms with van der Waals surface area (Å²) in [5, 5.41) is -0.455. The molecule has 0 aliphatic heterocycles. The lowest BCUT2D eigenvalue weighted by atomic mass is 10.1. The molecular weight excluding hydrogens is 332 g/mol. The molecule has 1 aromatic heterocycles. The van der Waals surface area contributed by atoms with Crippen molar-refractivity contribution in [2.75, 3.05) is 13.7 Å². The van der Waals surface area contributed by atoms with Gasteiger partial charge in [-0.1, -0.05) is 0 Å². The number of benzene rings is 1. The van der Waals surface area contributed by atoms with Gasteiger partial charge in [-0.05, 0) is 24.1 Å². The Morgan fingerprint density at radius 2 is 1.87 bits per heavy atom. The maximum absolute atomic E-state index is 13.0. The number of nitrogens with one attached hydrogen (secondary N) is 1. The minimum Gasteiger partial charge on any atom is -0.465 e. The highest BCUT2D eigenvalue weighted by molar-refractivity contribution is 7.89. The summed E-state index contributed by atoms with van der Waals surface area (Å²) < 4.78 is 61.5. The first-order valence-electron chi connectivity index (χ1n) is 6.43. The summed E-state index contributed by atoms with van der Waals surface area (Å²) in [7, 11) is -2.83. The van der Waals surface area contributed by atoms with E-state index in [9.17, 15) is 22.0 Å². The summed E-state index contributed by atoms with van der Waals surface area (Å²) in [6, 6.07) is 3.97. The molecule has 0 amide bonds. The summed E-state index contributed by atoms with van der Waals surface area (Å²) in [6.45, 7) is -0.0977. The third-order valence-electron chi connectivity index (χ3n) is 2.89. The van der Waals surface area contributed by atoms with Crippen LogP contribution < -0.4 is 4.72 Å². The van der Waals surface area contributed by atoms with Crippen LogP contribution in [0.2, 0.25) is 0 Å². The van der Waals surface area contributed by atoms with E-state index in [1.165, 1.54) is 0 Å². The molecule has 1 N–H and O–H groups in total. The molecule has 124 valence electrons. The average molecular weight is 345 g/mol. The summed E-state index contributed by atoms with van der Waals surface area (Å²) in [4.78, 5) is 11.2. The molecular formula is C14H13F2NO5S. The number of rotatable bonds is 6. The van der Waals surface area contributed by atoms with Crippen LogP contribution in [0.4, 0.5) is 8.78 Å². The van der Waals surface area contributed by atoms with Gasteiger partial charge in [0.15, 0.2) is 0 Å². The Bertz CT molecular complexity index is 796. The number of hydrogen-bond acceptors (Lipinski definition) is 5. The molecule has 9 heteroatoms. The van der Waals surface area contributed by atoms with Crippen LogP contribution >= 0.6 is 0 Å². The zero-order chi connectivity index (χ0) is 17.0. The minimum atomic E-state index is -3.98. The van der Waals surface area contributed by atoms with E-state index < -0.39 is 32.7 Å². The Kier molecular flexibility index (Phi) is 5.12. The lowest BCUT2D eigenvalue weighted by molar-refractivity contribution is 0.0600. The average Bonchev–Trinajstić information content (AvgIpc) is 2.96. The lowest BCUT2D eigenvalue weighted by Crippen LogP contribution is -2.25. The van der Waals surface area contributed by atoms with E-state index in [0.717, 1.165) is 37.6 Å². The molecule has 0 bridgehead atoms. The van der Waals surface area contributed by atoms with Crippen LogP contribution in [0.15, 0.2) is 40.0 Å². The molecule has 1 aromatic carbocycles. The molecule has 0 saturated heterocycles. The zero-order valence-electron chi connectivity index (χ0n) is 12.0. The monoisotopic (exact) mass is 345 g/mol. The van der Waals surface area contributed by atoms with Gasteiger partial charge < -0.3 is 9.15 Å². The largest absolute Gasteiger partial charge is 0.465 e. The summed E-state index contributed by atoms with van der Waals surface area (Å²) >= 11 is 0. The van der Waals surface area contributed by atoms with Crippen molar-refractivity contribution in [1.82, 2.24) is 4.72 Å². The van der Waals surface area contributed by atoms with Crippen LogP contribution in [0.5, 0.6) is 0 Å². The topological polar surface area (TPSA) is 85.6 Å². The number of hydrogen-bond donors (Lipinski definition) is 1. The second-order valence-electron chi connectivity index (χ2n) is 4.57. The Labute approximate surface area is 131 Å². The quantitative estimate of drug-likeness (QED) is 0.808. The van der Waals surface area contributed by atoms with Crippen molar-refractivity contribution >= 4 is 16.0 Å². The third-order valence-corrected chi connectivity index (χ3v) is 4.22. The van der Waals surface area contributed by atoms with Crippen molar-refractivity contribution in [3.05, 3.63) is 53.3 Å². The van der Waals surface area contributed by atoms with Gasteiger partial charge in [0.05, 0.1) is 12.7 Å². The van der Waals surface area contributed by atoms with E-state index >= 15 is 0 Å². The van der Waals surface area contributed by atoms with E-state index in [1.54, 1.807) is 0 Å². The summed E-state index contributed by atoms with van der Waals surface area (Å²) in [6.07, 6.45) is 1.04. The molecule has 0 fully saturated rings. The fraction of sp³-hybridized carbons (Fsp3) is 0.214. The summed E-state index contributed by atoms with van der Waals surface area (Å²) in [5.74, 6) is -2.21. The molecule has 2 aromatic rings. The molecule has 0 unspecified atom stereocenters. The molecule has 23 heavy (non-hydrogen) atoms. The van der Waals surface area contributed by atoms with Crippen LogP contribution in [0.1, 0.15) is 15.9 Å². The maximum atomic E-state index is 13.0. The first-order chi connectivity index (χ1) is 10.8. The van der Waals surface area contributed by atoms with Gasteiger partial charge in [0, 0.05) is 18.7 Å². The van der Waals surface area contributed by atoms with Crippen molar-refractivity contribution < 1.29 is 31.1 Å². The van der Waals surface area contributed by atoms with Crippen molar-refractivity contribution in [3.8, 4) is 0 Å². The Morgan fingerprint density at radius 1 is 1.22 bits per heavy atom. The maximum Gasteiger partial charge on any atom is 0.341 e. The molecule has 0 aliphatic rings. The molecule has 0 aliphatic carbocycles. The van der Waals surface area contributed by atoms with E-state index in [-0.39, 0.29) is 18.5 Å². The predicted molar refractivity (Wildman–Crippen MR) is 75.3 cm³/mol. The zero-order valence-corrected chi connectivity index (χ0v) is 12.8. The number of methoxy groups -OCH3 is 1. The normalized spacial score (nSPS) is 11.4. The predicted octanol–water partition coefficient (Wildman–Crippen LogP) is 1.87. The summed E-state index contributed by atoms with van der Waals surface area (Å²) in [5.41, 5.74) is 0.264. The van der Waals surface area contributed by atoms with Gasteiger partial charge in [0.2, 0.25) is 5.09 Å². The number of esters is 1. The van der Waals surface area contributed by atoms with Gasteiger partial charge in [-0.25, -0.2) is 26.7 Å². The standard InChI is InChI=1S/C14H13F2NO5S/c1-21-14(18)10-6-13(22-8-10)23(19,20)17-3-2-9-4-11(15)7-12(16)5-9/h4-8,17H,2-3H2,1H3. The van der Waals surface area contributed by atoms with Gasteiger partial charge in [-0.15, -0.1) is 0 Å². The number of sulfonamides is 1. The minimum absolute atomic E-state index is 0.0416. The van der Waals surface area contributed by atoms with Gasteiger partial charge >= 0.3 is 5.97 Å². The van der Waals surface area contributed by atoms with E-state index in [0.29, 0.717) is 5.56 Å². The number of ether oxygens (including phenoxy) is 1. The SMILES string of the molecule is COC(=O)c1coc(S(=O)(=O)NCCc2cc(F)cc(F)c2)c1. The van der Waals surface area contributed by atoms with Crippen LogP contribution in [0, 0.1) is 11.6 Å². The van der Waals surface area contributed by atoms with E-state index in [4.69, 9.17) is 4.42 Å². The van der Waals surface area contributed by atoms with Gasteiger partial charge in [0.25, 0.3) is 10.0 Å². The van der Waals surface area contributed by atoms with Crippen LogP contribution in [-0.4, -0.2) is 28.0 Å². The molecule has 0 spiro atoms. The van der Waals surface area contributed by atoms with Crippen molar-refractivity contribution in [2.24, 2.45) is 0 Å². The highest BCUT2D eigenvalue weighted by Crippen LogP contribution is 2.15. The van der Waals surface area contributed by atoms with Crippen molar-refractivity contribution in [3.63, 3.8) is 0 Å². The van der Waals surface area contributed by atoms with Crippen molar-refractivity contribution in [2.45, 2.75) is 11.5 Å². The third kappa shape index (κ3) is 4.36. The first kappa shape index (κ1) is 17.1. The number of carbonyl (C=O) groups is 1. The van der Waals surface area contributed by atoms with Crippen LogP contribution in [-0.2, 0) is 21.2 Å². The molecule has 0 atom stereocenters. The van der Waals surface area contributed by atoms with E-state index in [1.807, 2.05) is 0 Å². The lowest BCUT2D eigenvalue weighted by Gasteiger charge is -2.05. The first-order valence-corrected chi connectivity index (χ1v) is 7.91. The van der Waals surface area contributed by atoms with Gasteiger partial charge in [0.1, 0.15) is 17.9 Å². The van der Waals surface area contributed by atoms with Crippen LogP contribution in [0.3, 0.4) is 0 Å². The molecule has 6 nitrogen and oxygen atoms in total. The molecule has 0 radical (unpaired) electrons. The van der Waals surface area contributed by atoms with Crippen LogP contribution in [0.25, 0.3) is 0 Å². The van der Waals surface area contributed by atoms with Gasteiger partial charge in [-0.2, -0.15) is 0 Å². The second-order valence-corrected chi connectivity index (χ2v) is 6.27. The molecule has 2 rings (SSSR count). The second kappa shape index (κ2) is 6.88. The molecule has 0 saturated carbocycles. The van der Waals surface area contributed by atoms with Gasteiger partial charge in [-0.3, -0.25) is 0 Å². The number of furan rings is 1. The van der Waals surface area contributed by atoms with E-state index in [2.05, 4.69) is 9.46 Å². The fourth-order valence-corrected chi connectivity index (χ4v) is 2.81. The molecule has 1 heterocycles. The highest BCUT2D eigenvalue weighted by Gasteiger charge is 2.21. The number of carbonyl (C=O) groups excluding carboxylic acids is 1. The number of halogens is 2.